The van der Waals surface area contributed by atoms with Gasteiger partial charge in [-0.3, -0.25) is 9.59 Å². The molecule has 0 bridgehead atoms. The Morgan fingerprint density at radius 2 is 1.88 bits per heavy atom. The van der Waals surface area contributed by atoms with Crippen molar-refractivity contribution in [3.8, 4) is 0 Å². The SMILES string of the molecule is COC(=O)CCN(C(=O)C=C(C)C)C(C)C. The van der Waals surface area contributed by atoms with Gasteiger partial charge in [-0.25, -0.2) is 0 Å². The van der Waals surface area contributed by atoms with Gasteiger partial charge in [0.25, 0.3) is 0 Å². The molecule has 0 saturated carbocycles. The van der Waals surface area contributed by atoms with E-state index < -0.39 is 0 Å². The second kappa shape index (κ2) is 7.04. The Morgan fingerprint density at radius 1 is 1.31 bits per heavy atom. The molecule has 0 aliphatic heterocycles. The highest BCUT2D eigenvalue weighted by Gasteiger charge is 2.16. The van der Waals surface area contributed by atoms with E-state index in [-0.39, 0.29) is 24.3 Å². The molecule has 0 unspecified atom stereocenters. The molecular weight excluding hydrogens is 206 g/mol. The first-order valence-corrected chi connectivity index (χ1v) is 5.40. The van der Waals surface area contributed by atoms with Gasteiger partial charge in [0.05, 0.1) is 13.5 Å². The van der Waals surface area contributed by atoms with Crippen molar-refractivity contribution in [3.05, 3.63) is 11.6 Å². The molecule has 4 heteroatoms. The standard InChI is InChI=1S/C12H21NO3/c1-9(2)8-11(14)13(10(3)4)7-6-12(15)16-5/h8,10H,6-7H2,1-5H3. The number of rotatable bonds is 5. The van der Waals surface area contributed by atoms with Crippen molar-refractivity contribution in [2.24, 2.45) is 0 Å². The van der Waals surface area contributed by atoms with Gasteiger partial charge >= 0.3 is 5.97 Å². The van der Waals surface area contributed by atoms with E-state index in [9.17, 15) is 9.59 Å². The molecule has 0 aromatic heterocycles. The van der Waals surface area contributed by atoms with E-state index in [2.05, 4.69) is 4.74 Å². The smallest absolute Gasteiger partial charge is 0.307 e. The Hall–Kier alpha value is -1.32. The van der Waals surface area contributed by atoms with Crippen molar-refractivity contribution in [3.63, 3.8) is 0 Å². The summed E-state index contributed by atoms with van der Waals surface area (Å²) in [4.78, 5) is 24.5. The normalized spacial score (nSPS) is 9.88. The molecule has 0 fully saturated rings. The van der Waals surface area contributed by atoms with Crippen LogP contribution in [0.5, 0.6) is 0 Å². The summed E-state index contributed by atoms with van der Waals surface area (Å²) >= 11 is 0. The van der Waals surface area contributed by atoms with Crippen LogP contribution in [0.2, 0.25) is 0 Å². The summed E-state index contributed by atoms with van der Waals surface area (Å²) in [6.07, 6.45) is 1.81. The second-order valence-electron chi connectivity index (χ2n) is 4.17. The van der Waals surface area contributed by atoms with Crippen molar-refractivity contribution in [1.82, 2.24) is 4.90 Å². The van der Waals surface area contributed by atoms with E-state index in [0.717, 1.165) is 5.57 Å². The highest BCUT2D eigenvalue weighted by atomic mass is 16.5. The second-order valence-corrected chi connectivity index (χ2v) is 4.17. The quantitative estimate of drug-likeness (QED) is 0.531. The maximum atomic E-state index is 11.8. The van der Waals surface area contributed by atoms with Crippen LogP contribution in [0.15, 0.2) is 11.6 Å². The molecule has 0 N–H and O–H groups in total. The summed E-state index contributed by atoms with van der Waals surface area (Å²) in [5.41, 5.74) is 0.953. The maximum Gasteiger partial charge on any atom is 0.307 e. The van der Waals surface area contributed by atoms with Gasteiger partial charge in [0.1, 0.15) is 0 Å². The predicted molar refractivity (Wildman–Crippen MR) is 62.9 cm³/mol. The van der Waals surface area contributed by atoms with Crippen molar-refractivity contribution >= 4 is 11.9 Å². The number of nitrogens with zero attached hydrogens (tertiary/aromatic N) is 1. The molecular formula is C12H21NO3. The van der Waals surface area contributed by atoms with Gasteiger partial charge in [-0.2, -0.15) is 0 Å². The lowest BCUT2D eigenvalue weighted by molar-refractivity contribution is -0.141. The highest BCUT2D eigenvalue weighted by molar-refractivity contribution is 5.88. The molecule has 0 radical (unpaired) electrons. The Labute approximate surface area is 97.3 Å². The number of ether oxygens (including phenoxy) is 1. The number of carbonyl (C=O) groups excluding carboxylic acids is 2. The molecule has 0 aliphatic rings. The van der Waals surface area contributed by atoms with E-state index in [1.165, 1.54) is 7.11 Å². The summed E-state index contributed by atoms with van der Waals surface area (Å²) in [6.45, 7) is 7.99. The van der Waals surface area contributed by atoms with Crippen LogP contribution in [0.4, 0.5) is 0 Å². The number of amides is 1. The van der Waals surface area contributed by atoms with Gasteiger partial charge in [-0.05, 0) is 27.7 Å². The van der Waals surface area contributed by atoms with Crippen LogP contribution in [-0.2, 0) is 14.3 Å². The van der Waals surface area contributed by atoms with Gasteiger partial charge in [0.2, 0.25) is 5.91 Å². The largest absolute Gasteiger partial charge is 0.469 e. The molecule has 0 heterocycles. The lowest BCUT2D eigenvalue weighted by Gasteiger charge is -2.25. The Bertz CT molecular complexity index is 278. The number of methoxy groups -OCH3 is 1. The third-order valence-corrected chi connectivity index (χ3v) is 2.10. The first kappa shape index (κ1) is 14.7. The minimum Gasteiger partial charge on any atom is -0.469 e. The molecule has 92 valence electrons. The number of esters is 1. The fraction of sp³-hybridized carbons (Fsp3) is 0.667. The number of hydrogen-bond acceptors (Lipinski definition) is 3. The summed E-state index contributed by atoms with van der Waals surface area (Å²) in [6, 6.07) is 0.0766. The number of allylic oxidation sites excluding steroid dienone is 1. The van der Waals surface area contributed by atoms with E-state index in [4.69, 9.17) is 0 Å². The lowest BCUT2D eigenvalue weighted by atomic mass is 10.2. The minimum absolute atomic E-state index is 0.0566. The average molecular weight is 227 g/mol. The molecule has 0 rings (SSSR count). The summed E-state index contributed by atoms with van der Waals surface area (Å²) in [5.74, 6) is -0.352. The lowest BCUT2D eigenvalue weighted by Crippen LogP contribution is -2.37. The molecule has 1 amide bonds. The first-order chi connectivity index (χ1) is 7.38. The van der Waals surface area contributed by atoms with Crippen LogP contribution in [0, 0.1) is 0 Å². The Kier molecular flexibility index (Phi) is 6.46. The van der Waals surface area contributed by atoms with Gasteiger partial charge in [0, 0.05) is 18.7 Å². The molecule has 0 aliphatic carbocycles. The van der Waals surface area contributed by atoms with E-state index in [1.807, 2.05) is 27.7 Å². The topological polar surface area (TPSA) is 46.6 Å². The van der Waals surface area contributed by atoms with E-state index in [1.54, 1.807) is 11.0 Å². The van der Waals surface area contributed by atoms with Crippen molar-refractivity contribution in [2.75, 3.05) is 13.7 Å². The molecule has 0 aromatic rings. The summed E-state index contributed by atoms with van der Waals surface area (Å²) in [5, 5.41) is 0. The van der Waals surface area contributed by atoms with Gasteiger partial charge in [-0.1, -0.05) is 5.57 Å². The molecule has 16 heavy (non-hydrogen) atoms. The Balaban J connectivity index is 4.45. The van der Waals surface area contributed by atoms with E-state index in [0.29, 0.717) is 6.54 Å². The van der Waals surface area contributed by atoms with Crippen molar-refractivity contribution in [2.45, 2.75) is 40.2 Å². The fourth-order valence-corrected chi connectivity index (χ4v) is 1.27. The molecule has 0 saturated heterocycles. The third-order valence-electron chi connectivity index (χ3n) is 2.10. The minimum atomic E-state index is -0.296. The summed E-state index contributed by atoms with van der Waals surface area (Å²) < 4.78 is 4.55. The molecule has 4 nitrogen and oxygen atoms in total. The van der Waals surface area contributed by atoms with Crippen LogP contribution in [0.3, 0.4) is 0 Å². The number of hydrogen-bond donors (Lipinski definition) is 0. The first-order valence-electron chi connectivity index (χ1n) is 5.40. The number of carbonyl (C=O) groups is 2. The third kappa shape index (κ3) is 5.53. The molecule has 0 aromatic carbocycles. The van der Waals surface area contributed by atoms with Crippen molar-refractivity contribution < 1.29 is 14.3 Å². The van der Waals surface area contributed by atoms with Gasteiger partial charge < -0.3 is 9.64 Å². The Morgan fingerprint density at radius 3 is 2.25 bits per heavy atom. The average Bonchev–Trinajstić information content (AvgIpc) is 2.15. The van der Waals surface area contributed by atoms with Gasteiger partial charge in [0.15, 0.2) is 0 Å². The van der Waals surface area contributed by atoms with E-state index >= 15 is 0 Å². The highest BCUT2D eigenvalue weighted by Crippen LogP contribution is 2.04. The molecule has 0 atom stereocenters. The van der Waals surface area contributed by atoms with Crippen LogP contribution in [-0.4, -0.2) is 36.5 Å². The monoisotopic (exact) mass is 227 g/mol. The van der Waals surface area contributed by atoms with Crippen LogP contribution in [0.25, 0.3) is 0 Å². The zero-order chi connectivity index (χ0) is 12.7. The maximum absolute atomic E-state index is 11.8. The summed E-state index contributed by atoms with van der Waals surface area (Å²) in [7, 11) is 1.35. The zero-order valence-electron chi connectivity index (χ0n) is 10.7. The van der Waals surface area contributed by atoms with Crippen LogP contribution < -0.4 is 0 Å². The fourth-order valence-electron chi connectivity index (χ4n) is 1.27. The van der Waals surface area contributed by atoms with Crippen LogP contribution >= 0.6 is 0 Å². The van der Waals surface area contributed by atoms with Gasteiger partial charge in [-0.15, -0.1) is 0 Å². The van der Waals surface area contributed by atoms with Crippen LogP contribution in [0.1, 0.15) is 34.1 Å². The predicted octanol–water partition coefficient (Wildman–Crippen LogP) is 1.75. The van der Waals surface area contributed by atoms with Crippen molar-refractivity contribution in [1.29, 1.82) is 0 Å². The zero-order valence-corrected chi connectivity index (χ0v) is 10.7. The molecule has 0 spiro atoms.